The number of azo groups is 1. The summed E-state index contributed by atoms with van der Waals surface area (Å²) in [5, 5.41) is 20.6. The molecule has 190 valence electrons. The molecule has 37 heavy (non-hydrogen) atoms. The molecule has 7 nitrogen and oxygen atoms in total. The van der Waals surface area contributed by atoms with E-state index in [-0.39, 0.29) is 11.6 Å². The molecule has 0 radical (unpaired) electrons. The number of fused-ring (bicyclic) bond motifs is 1. The van der Waals surface area contributed by atoms with E-state index in [4.69, 9.17) is 16.3 Å². The minimum Gasteiger partial charge on any atom is -0.493 e. The smallest absolute Gasteiger partial charge is 0.295 e. The molecule has 3 aromatic carbocycles. The second-order valence-corrected chi connectivity index (χ2v) is 10.4. The molecule has 1 amide bonds. The predicted molar refractivity (Wildman–Crippen MR) is 148 cm³/mol. The lowest BCUT2D eigenvalue weighted by Crippen LogP contribution is -2.31. The van der Waals surface area contributed by atoms with Gasteiger partial charge in [0.2, 0.25) is 5.88 Å². The summed E-state index contributed by atoms with van der Waals surface area (Å²) in [5.41, 5.74) is 2.45. The van der Waals surface area contributed by atoms with E-state index < -0.39 is 5.91 Å². The summed E-state index contributed by atoms with van der Waals surface area (Å²) in [4.78, 5) is 15.1. The molecule has 9 heteroatoms. The van der Waals surface area contributed by atoms with Crippen LogP contribution in [0.5, 0.6) is 11.6 Å². The first kappa shape index (κ1) is 25.4. The van der Waals surface area contributed by atoms with Crippen LogP contribution in [0.15, 0.2) is 81.4 Å². The molecule has 1 N–H and O–H groups in total. The zero-order valence-electron chi connectivity index (χ0n) is 20.1. The topological polar surface area (TPSA) is 79.4 Å². The lowest BCUT2D eigenvalue weighted by Gasteiger charge is -2.27. The molecule has 0 spiro atoms. The Morgan fingerprint density at radius 1 is 1.03 bits per heavy atom. The molecule has 1 aliphatic heterocycles. The molecule has 0 saturated carbocycles. The Labute approximate surface area is 228 Å². The number of rotatable bonds is 7. The maximum Gasteiger partial charge on any atom is 0.295 e. The molecule has 2 heterocycles. The van der Waals surface area contributed by atoms with Crippen molar-refractivity contribution in [1.29, 1.82) is 0 Å². The molecule has 4 aromatic rings. The van der Waals surface area contributed by atoms with Gasteiger partial charge in [-0.25, -0.2) is 0 Å². The fraction of sp³-hybridized carbons (Fsp3) is 0.250. The Morgan fingerprint density at radius 3 is 2.57 bits per heavy atom. The van der Waals surface area contributed by atoms with Gasteiger partial charge in [-0.2, -0.15) is 0 Å². The van der Waals surface area contributed by atoms with E-state index in [1.165, 1.54) is 6.42 Å². The van der Waals surface area contributed by atoms with Crippen molar-refractivity contribution in [2.75, 3.05) is 13.1 Å². The van der Waals surface area contributed by atoms with Crippen molar-refractivity contribution in [2.45, 2.75) is 32.5 Å². The lowest BCUT2D eigenvalue weighted by molar-refractivity contribution is 0.0995. The van der Waals surface area contributed by atoms with Gasteiger partial charge in [0.15, 0.2) is 5.69 Å². The van der Waals surface area contributed by atoms with E-state index in [2.05, 4.69) is 31.1 Å². The van der Waals surface area contributed by atoms with E-state index in [0.29, 0.717) is 29.6 Å². The van der Waals surface area contributed by atoms with Gasteiger partial charge < -0.3 is 9.84 Å². The number of hydrogen-bond donors (Lipinski definition) is 1. The molecule has 1 aliphatic rings. The number of carbonyl (C=O) groups is 1. The van der Waals surface area contributed by atoms with Gasteiger partial charge in [0.1, 0.15) is 12.4 Å². The largest absolute Gasteiger partial charge is 0.493 e. The molecule has 1 fully saturated rings. The first-order valence-electron chi connectivity index (χ1n) is 12.1. The SMILES string of the molecule is O=C(N=Nc1c(O)n(CN2CCCCC2)c2ccc(Br)cc12)c1ccc(OCc2cccc(Cl)c2)cc1. The summed E-state index contributed by atoms with van der Waals surface area (Å²) >= 11 is 9.51. The standard InChI is InChI=1S/C28H26BrClN4O3/c29-21-9-12-25-24(16-21)26(28(36)34(25)18-33-13-2-1-3-14-33)31-32-27(35)20-7-10-23(11-8-20)37-17-19-5-4-6-22(30)15-19/h4-12,15-16,36H,1-3,13-14,17-18H2. The van der Waals surface area contributed by atoms with Gasteiger partial charge in [0.05, 0.1) is 12.2 Å². The number of ether oxygens (including phenoxy) is 1. The van der Waals surface area contributed by atoms with Crippen molar-refractivity contribution in [3.8, 4) is 11.6 Å². The maximum atomic E-state index is 12.8. The highest BCUT2D eigenvalue weighted by atomic mass is 79.9. The first-order valence-corrected chi connectivity index (χ1v) is 13.3. The molecule has 0 aliphatic carbocycles. The molecule has 0 unspecified atom stereocenters. The van der Waals surface area contributed by atoms with Gasteiger partial charge in [-0.15, -0.1) is 10.2 Å². The average Bonchev–Trinajstić information content (AvgIpc) is 3.16. The minimum atomic E-state index is -0.507. The van der Waals surface area contributed by atoms with Crippen molar-refractivity contribution < 1.29 is 14.6 Å². The second kappa shape index (κ2) is 11.5. The normalized spacial score (nSPS) is 14.4. The Balaban J connectivity index is 1.32. The average molecular weight is 582 g/mol. The molecule has 0 bridgehead atoms. The number of benzene rings is 3. The molecule has 0 atom stereocenters. The number of nitrogens with zero attached hydrogens (tertiary/aromatic N) is 4. The quantitative estimate of drug-likeness (QED) is 0.227. The van der Waals surface area contributed by atoms with E-state index in [1.54, 1.807) is 24.3 Å². The molecule has 1 aromatic heterocycles. The highest BCUT2D eigenvalue weighted by Crippen LogP contribution is 2.40. The summed E-state index contributed by atoms with van der Waals surface area (Å²) in [6, 6.07) is 19.9. The Hall–Kier alpha value is -3.20. The van der Waals surface area contributed by atoms with Crippen LogP contribution in [-0.2, 0) is 13.3 Å². The van der Waals surface area contributed by atoms with Crippen LogP contribution >= 0.6 is 27.5 Å². The number of likely N-dealkylation sites (tertiary alicyclic amines) is 1. The molecular weight excluding hydrogens is 556 g/mol. The second-order valence-electron chi connectivity index (χ2n) is 9.03. The van der Waals surface area contributed by atoms with E-state index in [1.807, 2.05) is 47.0 Å². The van der Waals surface area contributed by atoms with Gasteiger partial charge in [-0.3, -0.25) is 14.3 Å². The van der Waals surface area contributed by atoms with Crippen LogP contribution in [0, 0.1) is 0 Å². The van der Waals surface area contributed by atoms with E-state index >= 15 is 0 Å². The zero-order valence-corrected chi connectivity index (χ0v) is 22.5. The van der Waals surface area contributed by atoms with Crippen LogP contribution < -0.4 is 4.74 Å². The summed E-state index contributed by atoms with van der Waals surface area (Å²) < 4.78 is 8.47. The summed E-state index contributed by atoms with van der Waals surface area (Å²) in [6.45, 7) is 2.90. The van der Waals surface area contributed by atoms with Gasteiger partial charge in [-0.05, 0) is 86.1 Å². The fourth-order valence-electron chi connectivity index (χ4n) is 4.48. The maximum absolute atomic E-state index is 12.8. The third-order valence-corrected chi connectivity index (χ3v) is 7.13. The van der Waals surface area contributed by atoms with Crippen molar-refractivity contribution in [3.05, 3.63) is 87.4 Å². The zero-order chi connectivity index (χ0) is 25.8. The first-order chi connectivity index (χ1) is 18.0. The van der Waals surface area contributed by atoms with Gasteiger partial charge in [-0.1, -0.05) is 46.1 Å². The third-order valence-electron chi connectivity index (χ3n) is 6.40. The number of hydrogen-bond acceptors (Lipinski definition) is 5. The number of amides is 1. The number of aromatic hydroxyl groups is 1. The summed E-state index contributed by atoms with van der Waals surface area (Å²) in [7, 11) is 0. The number of halogens is 2. The summed E-state index contributed by atoms with van der Waals surface area (Å²) in [5.74, 6) is 0.115. The Morgan fingerprint density at radius 2 is 1.81 bits per heavy atom. The van der Waals surface area contributed by atoms with Crippen LogP contribution in [0.4, 0.5) is 5.69 Å². The van der Waals surface area contributed by atoms with E-state index in [9.17, 15) is 9.90 Å². The Bertz CT molecular complexity index is 1450. The molecule has 1 saturated heterocycles. The van der Waals surface area contributed by atoms with E-state index in [0.717, 1.165) is 46.9 Å². The van der Waals surface area contributed by atoms with Crippen molar-refractivity contribution in [3.63, 3.8) is 0 Å². The monoisotopic (exact) mass is 580 g/mol. The van der Waals surface area contributed by atoms with Crippen LogP contribution in [0.25, 0.3) is 10.9 Å². The van der Waals surface area contributed by atoms with Crippen LogP contribution in [-0.4, -0.2) is 33.6 Å². The van der Waals surface area contributed by atoms with Gasteiger partial charge in [0.25, 0.3) is 5.91 Å². The highest BCUT2D eigenvalue weighted by Gasteiger charge is 2.20. The van der Waals surface area contributed by atoms with Crippen molar-refractivity contribution >= 4 is 50.0 Å². The van der Waals surface area contributed by atoms with Gasteiger partial charge in [0, 0.05) is 20.4 Å². The predicted octanol–water partition coefficient (Wildman–Crippen LogP) is 7.71. The lowest BCUT2D eigenvalue weighted by atomic mass is 10.1. The highest BCUT2D eigenvalue weighted by molar-refractivity contribution is 9.10. The van der Waals surface area contributed by atoms with Crippen LogP contribution in [0.1, 0.15) is 35.2 Å². The van der Waals surface area contributed by atoms with Crippen molar-refractivity contribution in [1.82, 2.24) is 9.47 Å². The minimum absolute atomic E-state index is 0.0000122. The van der Waals surface area contributed by atoms with Gasteiger partial charge >= 0.3 is 0 Å². The van der Waals surface area contributed by atoms with Crippen LogP contribution in [0.3, 0.4) is 0 Å². The molecular formula is C28H26BrClN4O3. The number of carbonyl (C=O) groups excluding carboxylic acids is 1. The summed E-state index contributed by atoms with van der Waals surface area (Å²) in [6.07, 6.45) is 3.53. The Kier molecular flexibility index (Phi) is 7.88. The number of piperidine rings is 1. The third kappa shape index (κ3) is 6.04. The fourth-order valence-corrected chi connectivity index (χ4v) is 5.05. The van der Waals surface area contributed by atoms with Crippen molar-refractivity contribution in [2.24, 2.45) is 10.2 Å². The van der Waals surface area contributed by atoms with Crippen LogP contribution in [0.2, 0.25) is 5.02 Å². The molecule has 5 rings (SSSR count). The number of aromatic nitrogens is 1.